The molecule has 1 aliphatic carbocycles. The Morgan fingerprint density at radius 3 is 2.74 bits per heavy atom. The first-order valence-corrected chi connectivity index (χ1v) is 7.48. The van der Waals surface area contributed by atoms with Crippen molar-refractivity contribution in [3.63, 3.8) is 0 Å². The fourth-order valence-electron chi connectivity index (χ4n) is 3.01. The van der Waals surface area contributed by atoms with E-state index in [1.165, 1.54) is 18.4 Å². The number of benzene rings is 1. The summed E-state index contributed by atoms with van der Waals surface area (Å²) in [7, 11) is 1.74. The van der Waals surface area contributed by atoms with Crippen LogP contribution in [-0.4, -0.2) is 19.7 Å². The van der Waals surface area contributed by atoms with Gasteiger partial charge in [-0.05, 0) is 30.5 Å². The molecular weight excluding hydrogens is 258 g/mol. The van der Waals surface area contributed by atoms with Crippen molar-refractivity contribution >= 4 is 11.6 Å². The maximum atomic E-state index is 6.19. The largest absolute Gasteiger partial charge is 0.496 e. The number of ether oxygens (including phenoxy) is 1. The van der Waals surface area contributed by atoms with Gasteiger partial charge in [-0.15, -0.1) is 0 Å². The number of halogens is 1. The molecule has 1 aliphatic rings. The Morgan fingerprint density at radius 2 is 2.21 bits per heavy atom. The summed E-state index contributed by atoms with van der Waals surface area (Å²) in [6, 6.07) is 6.47. The third-order valence-corrected chi connectivity index (χ3v) is 4.48. The Balaban J connectivity index is 2.32. The Bertz CT molecular complexity index is 446. The molecule has 0 bridgehead atoms. The van der Waals surface area contributed by atoms with Crippen LogP contribution in [0, 0.1) is 5.92 Å². The van der Waals surface area contributed by atoms with E-state index in [0.717, 1.165) is 23.2 Å². The maximum Gasteiger partial charge on any atom is 0.122 e. The Morgan fingerprint density at radius 1 is 1.47 bits per heavy atom. The number of hydrogen-bond donors (Lipinski definition) is 1. The van der Waals surface area contributed by atoms with Gasteiger partial charge in [-0.2, -0.15) is 0 Å². The van der Waals surface area contributed by atoms with Gasteiger partial charge < -0.3 is 10.1 Å². The molecule has 0 aliphatic heterocycles. The van der Waals surface area contributed by atoms with Crippen molar-refractivity contribution in [3.8, 4) is 5.75 Å². The molecule has 0 spiro atoms. The summed E-state index contributed by atoms with van der Waals surface area (Å²) in [4.78, 5) is 0. The highest BCUT2D eigenvalue weighted by atomic mass is 35.5. The van der Waals surface area contributed by atoms with E-state index in [-0.39, 0.29) is 5.41 Å². The van der Waals surface area contributed by atoms with E-state index < -0.39 is 0 Å². The van der Waals surface area contributed by atoms with E-state index in [9.17, 15) is 0 Å². The second-order valence-corrected chi connectivity index (χ2v) is 6.28. The van der Waals surface area contributed by atoms with Crippen molar-refractivity contribution in [1.82, 2.24) is 5.32 Å². The summed E-state index contributed by atoms with van der Waals surface area (Å²) in [5.74, 6) is 1.69. The molecule has 1 fully saturated rings. The summed E-state index contributed by atoms with van der Waals surface area (Å²) >= 11 is 6.19. The quantitative estimate of drug-likeness (QED) is 0.850. The van der Waals surface area contributed by atoms with Crippen molar-refractivity contribution in [1.29, 1.82) is 0 Å². The van der Waals surface area contributed by atoms with E-state index in [1.54, 1.807) is 7.11 Å². The number of rotatable bonds is 6. The molecule has 3 heteroatoms. The first-order chi connectivity index (χ1) is 9.03. The van der Waals surface area contributed by atoms with Gasteiger partial charge in [0.25, 0.3) is 0 Å². The molecule has 1 saturated carbocycles. The van der Waals surface area contributed by atoms with Crippen LogP contribution in [0.15, 0.2) is 18.2 Å². The monoisotopic (exact) mass is 281 g/mol. The third kappa shape index (κ3) is 2.90. The molecule has 2 rings (SSSR count). The van der Waals surface area contributed by atoms with Gasteiger partial charge in [0.05, 0.1) is 7.11 Å². The maximum absolute atomic E-state index is 6.19. The minimum Gasteiger partial charge on any atom is -0.496 e. The Kier molecular flexibility index (Phi) is 4.42. The zero-order valence-electron chi connectivity index (χ0n) is 12.3. The average Bonchev–Trinajstić information content (AvgIpc) is 3.11. The van der Waals surface area contributed by atoms with Gasteiger partial charge >= 0.3 is 0 Å². The highest BCUT2D eigenvalue weighted by Gasteiger charge is 2.55. The molecule has 0 aromatic heterocycles. The summed E-state index contributed by atoms with van der Waals surface area (Å²) in [6.45, 7) is 7.64. The molecule has 0 heterocycles. The Hall–Kier alpha value is -0.730. The molecule has 1 aromatic rings. The molecule has 2 nitrogen and oxygen atoms in total. The predicted molar refractivity (Wildman–Crippen MR) is 81.2 cm³/mol. The lowest BCUT2D eigenvalue weighted by Gasteiger charge is -2.23. The van der Waals surface area contributed by atoms with Gasteiger partial charge in [0, 0.05) is 28.6 Å². The highest BCUT2D eigenvalue weighted by molar-refractivity contribution is 6.30. The number of nitrogens with one attached hydrogen (secondary N) is 1. The molecule has 1 N–H and O–H groups in total. The first kappa shape index (κ1) is 14.7. The zero-order valence-corrected chi connectivity index (χ0v) is 13.1. The van der Waals surface area contributed by atoms with Crippen LogP contribution in [0.25, 0.3) is 0 Å². The summed E-state index contributed by atoms with van der Waals surface area (Å²) in [6.07, 6.45) is 2.43. The van der Waals surface area contributed by atoms with Crippen LogP contribution in [0.1, 0.15) is 39.2 Å². The normalized spacial score (nSPS) is 25.7. The second kappa shape index (κ2) is 5.72. The second-order valence-electron chi connectivity index (χ2n) is 5.85. The Labute approximate surface area is 121 Å². The average molecular weight is 282 g/mol. The van der Waals surface area contributed by atoms with Crippen LogP contribution in [0.5, 0.6) is 5.75 Å². The van der Waals surface area contributed by atoms with Crippen molar-refractivity contribution in [2.24, 2.45) is 5.92 Å². The van der Waals surface area contributed by atoms with Crippen LogP contribution in [0.4, 0.5) is 0 Å². The molecule has 2 atom stereocenters. The minimum atomic E-state index is 0.204. The van der Waals surface area contributed by atoms with Crippen LogP contribution in [0.3, 0.4) is 0 Å². The van der Waals surface area contributed by atoms with Gasteiger partial charge in [-0.3, -0.25) is 0 Å². The third-order valence-electron chi connectivity index (χ3n) is 4.25. The van der Waals surface area contributed by atoms with E-state index in [0.29, 0.717) is 6.04 Å². The summed E-state index contributed by atoms with van der Waals surface area (Å²) in [5.41, 5.74) is 1.47. The SMILES string of the molecule is CCC1CC1(CNC(C)C)c1cc(Cl)ccc1OC. The molecule has 0 amide bonds. The molecule has 0 saturated heterocycles. The molecule has 0 radical (unpaired) electrons. The lowest BCUT2D eigenvalue weighted by molar-refractivity contribution is 0.395. The van der Waals surface area contributed by atoms with E-state index >= 15 is 0 Å². The van der Waals surface area contributed by atoms with E-state index in [1.807, 2.05) is 12.1 Å². The first-order valence-electron chi connectivity index (χ1n) is 7.11. The fraction of sp³-hybridized carbons (Fsp3) is 0.625. The van der Waals surface area contributed by atoms with Crippen LogP contribution in [0.2, 0.25) is 5.02 Å². The van der Waals surface area contributed by atoms with Crippen molar-refractivity contribution in [3.05, 3.63) is 28.8 Å². The standard InChI is InChI=1S/C16H24ClNO/c1-5-12-9-16(12,10-18-11(2)3)14-8-13(17)6-7-15(14)19-4/h6-8,11-12,18H,5,9-10H2,1-4H3. The predicted octanol–water partition coefficient (Wildman–Crippen LogP) is 4.01. The number of hydrogen-bond acceptors (Lipinski definition) is 2. The van der Waals surface area contributed by atoms with Gasteiger partial charge in [0.15, 0.2) is 0 Å². The van der Waals surface area contributed by atoms with Gasteiger partial charge in [-0.1, -0.05) is 38.8 Å². The lowest BCUT2D eigenvalue weighted by atomic mass is 9.91. The van der Waals surface area contributed by atoms with Gasteiger partial charge in [-0.25, -0.2) is 0 Å². The molecule has 19 heavy (non-hydrogen) atoms. The van der Waals surface area contributed by atoms with Crippen LogP contribution < -0.4 is 10.1 Å². The van der Waals surface area contributed by atoms with E-state index in [2.05, 4.69) is 32.2 Å². The minimum absolute atomic E-state index is 0.204. The van der Waals surface area contributed by atoms with E-state index in [4.69, 9.17) is 16.3 Å². The van der Waals surface area contributed by atoms with Gasteiger partial charge in [0.1, 0.15) is 5.75 Å². The summed E-state index contributed by atoms with van der Waals surface area (Å²) in [5, 5.41) is 4.38. The van der Waals surface area contributed by atoms with Crippen molar-refractivity contribution in [2.45, 2.75) is 45.1 Å². The van der Waals surface area contributed by atoms with Crippen LogP contribution in [-0.2, 0) is 5.41 Å². The molecule has 2 unspecified atom stereocenters. The topological polar surface area (TPSA) is 21.3 Å². The van der Waals surface area contributed by atoms with Crippen molar-refractivity contribution < 1.29 is 4.74 Å². The highest BCUT2D eigenvalue weighted by Crippen LogP contribution is 2.58. The lowest BCUT2D eigenvalue weighted by Crippen LogP contribution is -2.33. The molecular formula is C16H24ClNO. The van der Waals surface area contributed by atoms with Crippen LogP contribution >= 0.6 is 11.6 Å². The smallest absolute Gasteiger partial charge is 0.122 e. The fourth-order valence-corrected chi connectivity index (χ4v) is 3.19. The van der Waals surface area contributed by atoms with Crippen molar-refractivity contribution in [2.75, 3.05) is 13.7 Å². The molecule has 106 valence electrons. The molecule has 1 aromatic carbocycles. The zero-order chi connectivity index (χ0) is 14.0. The number of methoxy groups -OCH3 is 1. The van der Waals surface area contributed by atoms with Gasteiger partial charge in [0.2, 0.25) is 0 Å². The summed E-state index contributed by atoms with van der Waals surface area (Å²) < 4.78 is 5.54.